The van der Waals surface area contributed by atoms with E-state index < -0.39 is 10.0 Å². The third-order valence-corrected chi connectivity index (χ3v) is 5.44. The minimum atomic E-state index is -3.42. The lowest BCUT2D eigenvalue weighted by molar-refractivity contribution is 0.0328. The third-order valence-electron chi connectivity index (χ3n) is 3.86. The second-order valence-electron chi connectivity index (χ2n) is 5.56. The molecule has 0 radical (unpaired) electrons. The average Bonchev–Trinajstić information content (AvgIpc) is 3.17. The second-order valence-corrected chi connectivity index (χ2v) is 7.24. The van der Waals surface area contributed by atoms with Crippen molar-refractivity contribution in [2.24, 2.45) is 0 Å². The maximum Gasteiger partial charge on any atom is 0.242 e. The van der Waals surface area contributed by atoms with Crippen molar-refractivity contribution in [3.63, 3.8) is 0 Å². The van der Waals surface area contributed by atoms with E-state index in [1.165, 1.54) is 0 Å². The highest BCUT2D eigenvalue weighted by Gasteiger charge is 2.32. The van der Waals surface area contributed by atoms with Gasteiger partial charge in [-0.25, -0.2) is 13.1 Å². The van der Waals surface area contributed by atoms with Crippen molar-refractivity contribution in [1.29, 1.82) is 0 Å². The summed E-state index contributed by atoms with van der Waals surface area (Å²) in [7, 11) is -1.71. The van der Waals surface area contributed by atoms with Crippen LogP contribution in [-0.4, -0.2) is 33.7 Å². The van der Waals surface area contributed by atoms with Crippen LogP contribution in [0, 0.1) is 0 Å². The lowest BCUT2D eigenvalue weighted by atomic mass is 9.89. The maximum atomic E-state index is 12.3. The molecule has 0 amide bonds. The molecule has 2 aliphatic carbocycles. The first kappa shape index (κ1) is 13.9. The standard InChI is InChI=1S/C14H20N2O3S/c1-19-12-8-11(9-12)15-13-4-2-3-5-14(13)20(17,18)16-10-6-7-10/h2-5,10-12,15-16H,6-9H2,1H3. The number of ether oxygens (including phenoxy) is 1. The Hall–Kier alpha value is -1.11. The normalized spacial score (nSPS) is 26.1. The highest BCUT2D eigenvalue weighted by molar-refractivity contribution is 7.89. The smallest absolute Gasteiger partial charge is 0.242 e. The van der Waals surface area contributed by atoms with Crippen molar-refractivity contribution in [3.05, 3.63) is 24.3 Å². The molecule has 0 saturated heterocycles. The van der Waals surface area contributed by atoms with Crippen LogP contribution >= 0.6 is 0 Å². The highest BCUT2D eigenvalue weighted by Crippen LogP contribution is 2.30. The summed E-state index contributed by atoms with van der Waals surface area (Å²) in [6, 6.07) is 7.49. The highest BCUT2D eigenvalue weighted by atomic mass is 32.2. The number of hydrogen-bond donors (Lipinski definition) is 2. The van der Waals surface area contributed by atoms with Gasteiger partial charge in [-0.3, -0.25) is 0 Å². The average molecular weight is 296 g/mol. The third kappa shape index (κ3) is 2.97. The van der Waals surface area contributed by atoms with Crippen LogP contribution in [0.15, 0.2) is 29.2 Å². The molecule has 2 aliphatic rings. The van der Waals surface area contributed by atoms with Crippen LogP contribution in [-0.2, 0) is 14.8 Å². The fourth-order valence-corrected chi connectivity index (χ4v) is 3.88. The molecule has 0 bridgehead atoms. The van der Waals surface area contributed by atoms with Crippen LogP contribution in [0.5, 0.6) is 0 Å². The molecule has 2 saturated carbocycles. The van der Waals surface area contributed by atoms with Crippen molar-refractivity contribution in [2.45, 2.75) is 48.8 Å². The summed E-state index contributed by atoms with van der Waals surface area (Å²) in [4.78, 5) is 0.341. The Bertz CT molecular complexity index is 578. The van der Waals surface area contributed by atoms with Gasteiger partial charge in [0.05, 0.1) is 11.8 Å². The molecule has 20 heavy (non-hydrogen) atoms. The summed E-state index contributed by atoms with van der Waals surface area (Å²) in [5.74, 6) is 0. The van der Waals surface area contributed by atoms with E-state index in [4.69, 9.17) is 4.74 Å². The van der Waals surface area contributed by atoms with E-state index in [9.17, 15) is 8.42 Å². The predicted molar refractivity (Wildman–Crippen MR) is 77.2 cm³/mol. The summed E-state index contributed by atoms with van der Waals surface area (Å²) in [6.07, 6.45) is 4.00. The Morgan fingerprint density at radius 1 is 1.15 bits per heavy atom. The SMILES string of the molecule is COC1CC(Nc2ccccc2S(=O)(=O)NC2CC2)C1. The van der Waals surface area contributed by atoms with Crippen molar-refractivity contribution in [3.8, 4) is 0 Å². The summed E-state index contributed by atoms with van der Waals surface area (Å²) >= 11 is 0. The van der Waals surface area contributed by atoms with Crippen LogP contribution < -0.4 is 10.0 Å². The summed E-state index contributed by atoms with van der Waals surface area (Å²) < 4.78 is 32.6. The number of methoxy groups -OCH3 is 1. The van der Waals surface area contributed by atoms with Gasteiger partial charge in [-0.2, -0.15) is 0 Å². The zero-order chi connectivity index (χ0) is 14.2. The number of benzene rings is 1. The van der Waals surface area contributed by atoms with Crippen LogP contribution in [0.3, 0.4) is 0 Å². The predicted octanol–water partition coefficient (Wildman–Crippen LogP) is 1.72. The van der Waals surface area contributed by atoms with Crippen LogP contribution in [0.2, 0.25) is 0 Å². The molecule has 2 N–H and O–H groups in total. The van der Waals surface area contributed by atoms with Gasteiger partial charge >= 0.3 is 0 Å². The monoisotopic (exact) mass is 296 g/mol. The van der Waals surface area contributed by atoms with E-state index >= 15 is 0 Å². The zero-order valence-corrected chi connectivity index (χ0v) is 12.3. The summed E-state index contributed by atoms with van der Waals surface area (Å²) in [5.41, 5.74) is 0.681. The van der Waals surface area contributed by atoms with E-state index in [1.54, 1.807) is 19.2 Å². The number of hydrogen-bond acceptors (Lipinski definition) is 4. The van der Waals surface area contributed by atoms with Gasteiger partial charge in [-0.05, 0) is 37.8 Å². The summed E-state index contributed by atoms with van der Waals surface area (Å²) in [6.45, 7) is 0. The molecule has 6 heteroatoms. The molecule has 0 aromatic heterocycles. The number of sulfonamides is 1. The fourth-order valence-electron chi connectivity index (χ4n) is 2.40. The van der Waals surface area contributed by atoms with Gasteiger partial charge in [0.2, 0.25) is 10.0 Å². The maximum absolute atomic E-state index is 12.3. The minimum Gasteiger partial charge on any atom is -0.381 e. The molecule has 110 valence electrons. The number of anilines is 1. The number of nitrogens with one attached hydrogen (secondary N) is 2. The molecule has 0 spiro atoms. The van der Waals surface area contributed by atoms with Crippen molar-refractivity contribution < 1.29 is 13.2 Å². The van der Waals surface area contributed by atoms with Crippen molar-refractivity contribution >= 4 is 15.7 Å². The molecule has 1 aromatic rings. The van der Waals surface area contributed by atoms with Gasteiger partial charge in [-0.1, -0.05) is 12.1 Å². The molecule has 2 fully saturated rings. The Morgan fingerprint density at radius 3 is 2.50 bits per heavy atom. The first-order valence-corrected chi connectivity index (χ1v) is 8.47. The van der Waals surface area contributed by atoms with E-state index in [1.807, 2.05) is 12.1 Å². The van der Waals surface area contributed by atoms with E-state index in [0.29, 0.717) is 16.7 Å². The van der Waals surface area contributed by atoms with E-state index in [0.717, 1.165) is 25.7 Å². The van der Waals surface area contributed by atoms with Gasteiger partial charge in [0.15, 0.2) is 0 Å². The van der Waals surface area contributed by atoms with Crippen LogP contribution in [0.4, 0.5) is 5.69 Å². The first-order chi connectivity index (χ1) is 9.58. The molecular weight excluding hydrogens is 276 g/mol. The molecule has 0 aliphatic heterocycles. The Kier molecular flexibility index (Phi) is 3.70. The van der Waals surface area contributed by atoms with Gasteiger partial charge < -0.3 is 10.1 Å². The molecule has 0 heterocycles. The molecular formula is C14H20N2O3S. The quantitative estimate of drug-likeness (QED) is 0.839. The number of para-hydroxylation sites is 1. The largest absolute Gasteiger partial charge is 0.381 e. The zero-order valence-electron chi connectivity index (χ0n) is 11.5. The van der Waals surface area contributed by atoms with Crippen molar-refractivity contribution in [1.82, 2.24) is 4.72 Å². The number of rotatable bonds is 6. The lowest BCUT2D eigenvalue weighted by Crippen LogP contribution is -2.40. The molecule has 1 aromatic carbocycles. The summed E-state index contributed by atoms with van der Waals surface area (Å²) in [5, 5.41) is 3.31. The Morgan fingerprint density at radius 2 is 1.85 bits per heavy atom. The minimum absolute atomic E-state index is 0.120. The topological polar surface area (TPSA) is 67.4 Å². The van der Waals surface area contributed by atoms with Crippen LogP contribution in [0.25, 0.3) is 0 Å². The first-order valence-electron chi connectivity index (χ1n) is 6.99. The van der Waals surface area contributed by atoms with Gasteiger partial charge in [0.25, 0.3) is 0 Å². The lowest BCUT2D eigenvalue weighted by Gasteiger charge is -2.35. The molecule has 3 rings (SSSR count). The van der Waals surface area contributed by atoms with Gasteiger partial charge in [0.1, 0.15) is 4.90 Å². The molecule has 0 unspecified atom stereocenters. The second kappa shape index (κ2) is 5.35. The van der Waals surface area contributed by atoms with Gasteiger partial charge in [-0.15, -0.1) is 0 Å². The van der Waals surface area contributed by atoms with Crippen LogP contribution in [0.1, 0.15) is 25.7 Å². The van der Waals surface area contributed by atoms with Crippen molar-refractivity contribution in [2.75, 3.05) is 12.4 Å². The van der Waals surface area contributed by atoms with E-state index in [-0.39, 0.29) is 12.1 Å². The fraction of sp³-hybridized carbons (Fsp3) is 0.571. The Balaban J connectivity index is 1.74. The van der Waals surface area contributed by atoms with Gasteiger partial charge in [0, 0.05) is 19.2 Å². The Labute approximate surface area is 119 Å². The van der Waals surface area contributed by atoms with E-state index in [2.05, 4.69) is 10.0 Å². The molecule has 5 nitrogen and oxygen atoms in total. The molecule has 0 atom stereocenters.